The van der Waals surface area contributed by atoms with Crippen molar-refractivity contribution in [1.82, 2.24) is 14.4 Å². The van der Waals surface area contributed by atoms with E-state index in [0.717, 1.165) is 12.0 Å². The summed E-state index contributed by atoms with van der Waals surface area (Å²) in [6.07, 6.45) is 3.07. The van der Waals surface area contributed by atoms with E-state index in [1.807, 2.05) is 70.1 Å². The van der Waals surface area contributed by atoms with Gasteiger partial charge in [-0.3, -0.25) is 9.59 Å². The smallest absolute Gasteiger partial charge is 0.270 e. The van der Waals surface area contributed by atoms with E-state index in [1.54, 1.807) is 0 Å². The minimum atomic E-state index is 0.000288. The first kappa shape index (κ1) is 17.3. The summed E-state index contributed by atoms with van der Waals surface area (Å²) in [7, 11) is 1.87. The van der Waals surface area contributed by atoms with Crippen LogP contribution < -0.4 is 0 Å². The third kappa shape index (κ3) is 3.76. The van der Waals surface area contributed by atoms with E-state index < -0.39 is 0 Å². The highest BCUT2D eigenvalue weighted by Gasteiger charge is 2.31. The van der Waals surface area contributed by atoms with Gasteiger partial charge < -0.3 is 14.4 Å². The number of carbonyl (C=O) groups is 2. The molecule has 1 saturated heterocycles. The molecule has 1 aliphatic heterocycles. The van der Waals surface area contributed by atoms with Gasteiger partial charge in [0.25, 0.3) is 5.91 Å². The molecule has 0 unspecified atom stereocenters. The second kappa shape index (κ2) is 7.55. The zero-order chi connectivity index (χ0) is 17.8. The third-order valence-corrected chi connectivity index (χ3v) is 4.90. The predicted molar refractivity (Wildman–Crippen MR) is 97.0 cm³/mol. The van der Waals surface area contributed by atoms with Gasteiger partial charge in [-0.25, -0.2) is 0 Å². The number of hydrogen-bond acceptors (Lipinski definition) is 2. The summed E-state index contributed by atoms with van der Waals surface area (Å²) in [4.78, 5) is 29.3. The highest BCUT2D eigenvalue weighted by molar-refractivity contribution is 5.93. The molecule has 5 nitrogen and oxygen atoms in total. The van der Waals surface area contributed by atoms with Crippen LogP contribution in [0.3, 0.4) is 0 Å². The van der Waals surface area contributed by atoms with Gasteiger partial charge in [-0.2, -0.15) is 0 Å². The van der Waals surface area contributed by atoms with E-state index in [4.69, 9.17) is 0 Å². The van der Waals surface area contributed by atoms with Gasteiger partial charge in [-0.05, 0) is 24.1 Å². The van der Waals surface area contributed by atoms with E-state index in [0.29, 0.717) is 31.7 Å². The monoisotopic (exact) mass is 339 g/mol. The lowest BCUT2D eigenvalue weighted by Crippen LogP contribution is -2.44. The fourth-order valence-corrected chi connectivity index (χ4v) is 3.40. The Kier molecular flexibility index (Phi) is 5.22. The molecule has 2 amide bonds. The van der Waals surface area contributed by atoms with Gasteiger partial charge in [0.1, 0.15) is 5.69 Å². The first-order chi connectivity index (χ1) is 12.1. The molecule has 3 rings (SSSR count). The molecule has 0 spiro atoms. The van der Waals surface area contributed by atoms with Crippen LogP contribution in [0.15, 0.2) is 48.7 Å². The summed E-state index contributed by atoms with van der Waals surface area (Å²) in [6, 6.07) is 13.8. The van der Waals surface area contributed by atoms with Crippen molar-refractivity contribution < 1.29 is 9.59 Å². The average Bonchev–Trinajstić information content (AvgIpc) is 2.99. The van der Waals surface area contributed by atoms with E-state index in [2.05, 4.69) is 6.92 Å². The molecule has 1 aliphatic rings. The molecule has 1 aromatic carbocycles. The van der Waals surface area contributed by atoms with Crippen LogP contribution in [0.4, 0.5) is 0 Å². The van der Waals surface area contributed by atoms with Crippen LogP contribution in [0, 0.1) is 0 Å². The van der Waals surface area contributed by atoms with Crippen LogP contribution in [0.25, 0.3) is 0 Å². The molecular weight excluding hydrogens is 314 g/mol. The number of amides is 2. The average molecular weight is 339 g/mol. The quantitative estimate of drug-likeness (QED) is 0.860. The van der Waals surface area contributed by atoms with Gasteiger partial charge in [-0.1, -0.05) is 37.3 Å². The molecular formula is C20H25N3O2. The number of aryl methyl sites for hydroxylation is 1. The molecule has 0 aliphatic carbocycles. The van der Waals surface area contributed by atoms with Crippen molar-refractivity contribution in [3.05, 3.63) is 59.9 Å². The Morgan fingerprint density at radius 2 is 1.92 bits per heavy atom. The van der Waals surface area contributed by atoms with E-state index in [1.165, 1.54) is 0 Å². The molecule has 1 atom stereocenters. The summed E-state index contributed by atoms with van der Waals surface area (Å²) in [5.41, 5.74) is 1.79. The number of benzene rings is 1. The molecule has 132 valence electrons. The molecule has 5 heteroatoms. The standard InChI is InChI=1S/C20H25N3O2/c1-3-17-15-22(20(25)18-10-7-12-21(18)2)13-11-19(24)23(17)14-16-8-5-4-6-9-16/h4-10,12,17H,3,11,13-15H2,1-2H3/t17-/m1/s1. The molecule has 1 fully saturated rings. The number of hydrogen-bond donors (Lipinski definition) is 0. The Labute approximate surface area is 148 Å². The van der Waals surface area contributed by atoms with Crippen LogP contribution in [0.2, 0.25) is 0 Å². The minimum Gasteiger partial charge on any atom is -0.347 e. The van der Waals surface area contributed by atoms with Crippen LogP contribution in [0.1, 0.15) is 35.8 Å². The molecule has 2 aromatic rings. The number of nitrogens with zero attached hydrogens (tertiary/aromatic N) is 3. The zero-order valence-corrected chi connectivity index (χ0v) is 14.9. The lowest BCUT2D eigenvalue weighted by Gasteiger charge is -2.31. The molecule has 25 heavy (non-hydrogen) atoms. The normalized spacial score (nSPS) is 18.3. The van der Waals surface area contributed by atoms with Crippen LogP contribution >= 0.6 is 0 Å². The van der Waals surface area contributed by atoms with Crippen molar-refractivity contribution in [2.45, 2.75) is 32.4 Å². The van der Waals surface area contributed by atoms with Gasteiger partial charge in [0.2, 0.25) is 5.91 Å². The maximum atomic E-state index is 12.8. The van der Waals surface area contributed by atoms with E-state index >= 15 is 0 Å². The SMILES string of the molecule is CC[C@@H]1CN(C(=O)c2cccn2C)CCC(=O)N1Cc1ccccc1. The molecule has 1 aromatic heterocycles. The maximum absolute atomic E-state index is 12.8. The summed E-state index contributed by atoms with van der Waals surface area (Å²) in [5.74, 6) is 0.123. The number of rotatable bonds is 4. The van der Waals surface area contributed by atoms with Crippen molar-refractivity contribution in [3.8, 4) is 0 Å². The Bertz CT molecular complexity index is 738. The van der Waals surface area contributed by atoms with Gasteiger partial charge in [0.05, 0.1) is 0 Å². The first-order valence-electron chi connectivity index (χ1n) is 8.84. The van der Waals surface area contributed by atoms with Crippen molar-refractivity contribution in [3.63, 3.8) is 0 Å². The highest BCUT2D eigenvalue weighted by Crippen LogP contribution is 2.19. The van der Waals surface area contributed by atoms with Crippen LogP contribution in [0.5, 0.6) is 0 Å². The summed E-state index contributed by atoms with van der Waals surface area (Å²) in [6.45, 7) is 3.74. The van der Waals surface area contributed by atoms with Gasteiger partial charge in [0, 0.05) is 45.3 Å². The van der Waals surface area contributed by atoms with Gasteiger partial charge >= 0.3 is 0 Å². The number of aromatic nitrogens is 1. The Morgan fingerprint density at radius 1 is 1.16 bits per heavy atom. The lowest BCUT2D eigenvalue weighted by atomic mass is 10.1. The molecule has 0 saturated carbocycles. The second-order valence-corrected chi connectivity index (χ2v) is 6.57. The van der Waals surface area contributed by atoms with Crippen molar-refractivity contribution >= 4 is 11.8 Å². The van der Waals surface area contributed by atoms with Crippen molar-refractivity contribution in [2.24, 2.45) is 7.05 Å². The third-order valence-electron chi connectivity index (χ3n) is 4.90. The fourth-order valence-electron chi connectivity index (χ4n) is 3.40. The highest BCUT2D eigenvalue weighted by atomic mass is 16.2. The van der Waals surface area contributed by atoms with Crippen LogP contribution in [-0.4, -0.2) is 45.3 Å². The summed E-state index contributed by atoms with van der Waals surface area (Å²) >= 11 is 0. The topological polar surface area (TPSA) is 45.6 Å². The van der Waals surface area contributed by atoms with Crippen LogP contribution in [-0.2, 0) is 18.4 Å². The van der Waals surface area contributed by atoms with Gasteiger partial charge in [0.15, 0.2) is 0 Å². The lowest BCUT2D eigenvalue weighted by molar-refractivity contribution is -0.133. The number of carbonyl (C=O) groups excluding carboxylic acids is 2. The summed E-state index contributed by atoms with van der Waals surface area (Å²) in [5, 5.41) is 0. The Balaban J connectivity index is 1.79. The van der Waals surface area contributed by atoms with E-state index in [-0.39, 0.29) is 17.9 Å². The fraction of sp³-hybridized carbons (Fsp3) is 0.400. The largest absolute Gasteiger partial charge is 0.347 e. The summed E-state index contributed by atoms with van der Waals surface area (Å²) < 4.78 is 1.83. The minimum absolute atomic E-state index is 0.000288. The van der Waals surface area contributed by atoms with E-state index in [9.17, 15) is 9.59 Å². The zero-order valence-electron chi connectivity index (χ0n) is 14.9. The molecule has 0 bridgehead atoms. The molecule has 0 radical (unpaired) electrons. The predicted octanol–water partition coefficient (Wildman–Crippen LogP) is 2.68. The second-order valence-electron chi connectivity index (χ2n) is 6.57. The Hall–Kier alpha value is -2.56. The first-order valence-corrected chi connectivity index (χ1v) is 8.84. The maximum Gasteiger partial charge on any atom is 0.270 e. The molecule has 0 N–H and O–H groups in total. The Morgan fingerprint density at radius 3 is 2.56 bits per heavy atom. The van der Waals surface area contributed by atoms with Crippen molar-refractivity contribution in [1.29, 1.82) is 0 Å². The van der Waals surface area contributed by atoms with Gasteiger partial charge in [-0.15, -0.1) is 0 Å². The van der Waals surface area contributed by atoms with Crippen molar-refractivity contribution in [2.75, 3.05) is 13.1 Å². The molecule has 2 heterocycles.